The predicted octanol–water partition coefficient (Wildman–Crippen LogP) is -1.53. The molecule has 1 aromatic carbocycles. The third kappa shape index (κ3) is 3.03. The van der Waals surface area contributed by atoms with Gasteiger partial charge in [0.05, 0.1) is 23.7 Å². The maximum atomic E-state index is 13.3. The Bertz CT molecular complexity index is 787. The van der Waals surface area contributed by atoms with Gasteiger partial charge in [0.1, 0.15) is 6.04 Å². The second-order valence-electron chi connectivity index (χ2n) is 7.45. The average Bonchev–Trinajstić information content (AvgIpc) is 3.15. The van der Waals surface area contributed by atoms with E-state index in [-0.39, 0.29) is 41.6 Å². The van der Waals surface area contributed by atoms with Gasteiger partial charge in [-0.05, 0) is 12.6 Å². The first-order valence-electron chi connectivity index (χ1n) is 8.90. The number of hydrazine groups is 1. The van der Waals surface area contributed by atoms with Crippen molar-refractivity contribution in [1.82, 2.24) is 20.7 Å². The summed E-state index contributed by atoms with van der Waals surface area (Å²) >= 11 is 0. The summed E-state index contributed by atoms with van der Waals surface area (Å²) in [4.78, 5) is 17.2. The molecule has 8 nitrogen and oxygen atoms in total. The predicted molar refractivity (Wildman–Crippen MR) is 97.8 cm³/mol. The van der Waals surface area contributed by atoms with E-state index in [9.17, 15) is 13.2 Å². The molecule has 0 saturated carbocycles. The number of carbonyl (C=O) groups is 1. The molecular formula is C17H25N5O3S. The molecule has 26 heavy (non-hydrogen) atoms. The molecule has 0 radical (unpaired) electrons. The minimum Gasteiger partial charge on any atom is -0.334 e. The summed E-state index contributed by atoms with van der Waals surface area (Å²) in [7, 11) is -1.20. The van der Waals surface area contributed by atoms with Crippen LogP contribution in [-0.4, -0.2) is 80.1 Å². The van der Waals surface area contributed by atoms with Gasteiger partial charge in [0.2, 0.25) is 5.91 Å². The molecule has 3 fully saturated rings. The van der Waals surface area contributed by atoms with E-state index < -0.39 is 15.9 Å². The fraction of sp³-hybridized carbons (Fsp3) is 0.588. The van der Waals surface area contributed by atoms with Crippen molar-refractivity contribution in [2.45, 2.75) is 30.2 Å². The van der Waals surface area contributed by atoms with Crippen molar-refractivity contribution >= 4 is 15.7 Å². The molecule has 0 bridgehead atoms. The number of nitrogens with zero attached hydrogens (tertiary/aromatic N) is 2. The Kier molecular flexibility index (Phi) is 4.52. The fourth-order valence-corrected chi connectivity index (χ4v) is 6.50. The Labute approximate surface area is 153 Å². The molecular weight excluding hydrogens is 354 g/mol. The lowest BCUT2D eigenvalue weighted by atomic mass is 9.89. The van der Waals surface area contributed by atoms with Crippen molar-refractivity contribution in [3.8, 4) is 0 Å². The minimum atomic E-state index is -3.12. The molecule has 1 amide bonds. The summed E-state index contributed by atoms with van der Waals surface area (Å²) in [6, 6.07) is 8.78. The second-order valence-corrected chi connectivity index (χ2v) is 9.61. The number of nitrogens with one attached hydrogen (secondary N) is 2. The van der Waals surface area contributed by atoms with Crippen molar-refractivity contribution in [2.24, 2.45) is 5.73 Å². The highest BCUT2D eigenvalue weighted by molar-refractivity contribution is 7.91. The number of benzene rings is 1. The summed E-state index contributed by atoms with van der Waals surface area (Å²) in [6.07, 6.45) is -0.387. The quantitative estimate of drug-likeness (QED) is 0.572. The zero-order chi connectivity index (χ0) is 18.5. The molecule has 3 heterocycles. The fourth-order valence-electron chi connectivity index (χ4n) is 4.44. The van der Waals surface area contributed by atoms with E-state index in [2.05, 4.69) is 15.8 Å². The zero-order valence-electron chi connectivity index (χ0n) is 14.7. The number of carbonyl (C=O) groups excluding carboxylic acids is 1. The number of piperazine rings is 1. The van der Waals surface area contributed by atoms with Crippen LogP contribution in [0.4, 0.5) is 0 Å². The maximum Gasteiger partial charge on any atom is 0.242 e. The van der Waals surface area contributed by atoms with Crippen LogP contribution in [0.3, 0.4) is 0 Å². The van der Waals surface area contributed by atoms with Gasteiger partial charge in [-0.2, -0.15) is 0 Å². The molecule has 0 spiro atoms. The number of rotatable bonds is 2. The minimum absolute atomic E-state index is 0.0377. The number of sulfone groups is 1. The monoisotopic (exact) mass is 379 g/mol. The number of likely N-dealkylation sites (N-methyl/N-ethyl adjacent to an activating group) is 1. The lowest BCUT2D eigenvalue weighted by molar-refractivity contribution is -0.139. The van der Waals surface area contributed by atoms with E-state index in [1.54, 1.807) is 4.90 Å². The first-order chi connectivity index (χ1) is 12.4. The third-order valence-electron chi connectivity index (χ3n) is 5.84. The highest BCUT2D eigenvalue weighted by Gasteiger charge is 2.50. The smallest absolute Gasteiger partial charge is 0.242 e. The van der Waals surface area contributed by atoms with Gasteiger partial charge in [-0.15, -0.1) is 0 Å². The first-order valence-corrected chi connectivity index (χ1v) is 10.7. The molecule has 9 heteroatoms. The van der Waals surface area contributed by atoms with Crippen LogP contribution in [0.25, 0.3) is 0 Å². The van der Waals surface area contributed by atoms with Gasteiger partial charge in [-0.25, -0.2) is 19.3 Å². The lowest BCUT2D eigenvalue weighted by Gasteiger charge is -2.43. The van der Waals surface area contributed by atoms with Gasteiger partial charge < -0.3 is 10.6 Å². The van der Waals surface area contributed by atoms with E-state index in [1.807, 2.05) is 37.4 Å². The number of nitrogens with two attached hydrogens (primary N) is 1. The molecule has 0 aromatic heterocycles. The molecule has 3 saturated heterocycles. The Morgan fingerprint density at radius 2 is 1.81 bits per heavy atom. The van der Waals surface area contributed by atoms with E-state index in [4.69, 9.17) is 5.73 Å². The van der Waals surface area contributed by atoms with Crippen molar-refractivity contribution in [3.63, 3.8) is 0 Å². The third-order valence-corrected chi connectivity index (χ3v) is 7.54. The lowest BCUT2D eigenvalue weighted by Crippen LogP contribution is -2.62. The summed E-state index contributed by atoms with van der Waals surface area (Å²) in [5.74, 6) is -0.134. The largest absolute Gasteiger partial charge is 0.334 e. The van der Waals surface area contributed by atoms with Crippen LogP contribution in [0.5, 0.6) is 0 Å². The highest BCUT2D eigenvalue weighted by Crippen LogP contribution is 2.30. The first kappa shape index (κ1) is 17.9. The van der Waals surface area contributed by atoms with Crippen LogP contribution < -0.4 is 16.6 Å². The molecule has 3 aliphatic rings. The standard InChI is InChI=1S/C17H25N5O3S/c1-21-7-8-22(13-10-26(24,25)9-12(13)21)17(23)15-14(16(18)20-19-15)11-5-3-2-4-6-11/h2-6,12-16,19-20H,7-10,18H2,1H3/t12-,13+,14?,15?,16?/m0/s1. The van der Waals surface area contributed by atoms with E-state index in [1.165, 1.54) is 0 Å². The Balaban J connectivity index is 1.60. The van der Waals surface area contributed by atoms with E-state index >= 15 is 0 Å². The van der Waals surface area contributed by atoms with Gasteiger partial charge >= 0.3 is 0 Å². The van der Waals surface area contributed by atoms with Gasteiger partial charge in [-0.1, -0.05) is 30.3 Å². The van der Waals surface area contributed by atoms with Crippen LogP contribution in [0.2, 0.25) is 0 Å². The van der Waals surface area contributed by atoms with Crippen LogP contribution >= 0.6 is 0 Å². The van der Waals surface area contributed by atoms with E-state index in [0.29, 0.717) is 13.1 Å². The van der Waals surface area contributed by atoms with Crippen LogP contribution in [0, 0.1) is 0 Å². The molecule has 3 unspecified atom stereocenters. The molecule has 4 rings (SSSR count). The maximum absolute atomic E-state index is 13.3. The zero-order valence-corrected chi connectivity index (χ0v) is 15.5. The molecule has 0 aliphatic carbocycles. The van der Waals surface area contributed by atoms with Crippen molar-refractivity contribution < 1.29 is 13.2 Å². The normalized spacial score (nSPS) is 36.8. The van der Waals surface area contributed by atoms with Gasteiger partial charge in [-0.3, -0.25) is 9.69 Å². The highest BCUT2D eigenvalue weighted by atomic mass is 32.2. The summed E-state index contributed by atoms with van der Waals surface area (Å²) in [5, 5.41) is 0. The van der Waals surface area contributed by atoms with Crippen LogP contribution in [-0.2, 0) is 14.6 Å². The Morgan fingerprint density at radius 1 is 1.12 bits per heavy atom. The van der Waals surface area contributed by atoms with Gasteiger partial charge in [0.25, 0.3) is 0 Å². The SMILES string of the molecule is CN1CCN(C(=O)C2NNC(N)C2c2ccccc2)[C@@H]2CS(=O)(=O)C[C@@H]21. The van der Waals surface area contributed by atoms with E-state index in [0.717, 1.165) is 5.56 Å². The molecule has 5 atom stereocenters. The van der Waals surface area contributed by atoms with Crippen molar-refractivity contribution in [1.29, 1.82) is 0 Å². The number of amides is 1. The van der Waals surface area contributed by atoms with Gasteiger partial charge in [0.15, 0.2) is 9.84 Å². The topological polar surface area (TPSA) is 108 Å². The van der Waals surface area contributed by atoms with Crippen LogP contribution in [0.1, 0.15) is 11.5 Å². The number of hydrogen-bond donors (Lipinski definition) is 3. The summed E-state index contributed by atoms with van der Waals surface area (Å²) in [6.45, 7) is 1.20. The molecule has 142 valence electrons. The molecule has 3 aliphatic heterocycles. The summed E-state index contributed by atoms with van der Waals surface area (Å²) < 4.78 is 24.3. The van der Waals surface area contributed by atoms with Crippen molar-refractivity contribution in [2.75, 3.05) is 31.6 Å². The number of hydrogen-bond acceptors (Lipinski definition) is 7. The van der Waals surface area contributed by atoms with Crippen molar-refractivity contribution in [3.05, 3.63) is 35.9 Å². The molecule has 1 aromatic rings. The average molecular weight is 379 g/mol. The van der Waals surface area contributed by atoms with Gasteiger partial charge in [0, 0.05) is 25.0 Å². The Morgan fingerprint density at radius 3 is 2.54 bits per heavy atom. The Hall–Kier alpha value is -1.52. The number of fused-ring (bicyclic) bond motifs is 1. The second kappa shape index (κ2) is 6.58. The van der Waals surface area contributed by atoms with Crippen LogP contribution in [0.15, 0.2) is 30.3 Å². The molecule has 4 N–H and O–H groups in total. The summed E-state index contributed by atoms with van der Waals surface area (Å²) in [5.41, 5.74) is 13.2.